The predicted octanol–water partition coefficient (Wildman–Crippen LogP) is 2.56. The highest BCUT2D eigenvalue weighted by atomic mass is 79.9. The van der Waals surface area contributed by atoms with Crippen molar-refractivity contribution >= 4 is 37.3 Å². The van der Waals surface area contributed by atoms with Crippen molar-refractivity contribution in [1.29, 1.82) is 0 Å². The van der Waals surface area contributed by atoms with Gasteiger partial charge in [-0.25, -0.2) is 8.42 Å². The molecule has 0 spiro atoms. The van der Waals surface area contributed by atoms with Gasteiger partial charge in [0.25, 0.3) is 10.0 Å². The number of anilines is 2. The number of hydrogen-bond donors (Lipinski definition) is 2. The van der Waals surface area contributed by atoms with Crippen LogP contribution in [0.3, 0.4) is 0 Å². The summed E-state index contributed by atoms with van der Waals surface area (Å²) in [6, 6.07) is 9.42. The fourth-order valence-corrected chi connectivity index (χ4v) is 3.56. The Hall–Kier alpha value is -1.93. The maximum absolute atomic E-state index is 12.3. The molecule has 0 aromatic heterocycles. The maximum Gasteiger partial charge on any atom is 0.262 e. The van der Waals surface area contributed by atoms with E-state index in [0.717, 1.165) is 0 Å². The third-order valence-electron chi connectivity index (χ3n) is 2.90. The van der Waals surface area contributed by atoms with Gasteiger partial charge in [-0.2, -0.15) is 0 Å². The fraction of sp³-hybridized carbons (Fsp3) is 0.0769. The summed E-state index contributed by atoms with van der Waals surface area (Å²) in [7, 11) is -3.73. The van der Waals surface area contributed by atoms with Gasteiger partial charge in [0, 0.05) is 16.6 Å². The minimum atomic E-state index is -3.73. The number of sulfonamides is 1. The summed E-state index contributed by atoms with van der Waals surface area (Å²) in [6.07, 6.45) is 0. The van der Waals surface area contributed by atoms with Gasteiger partial charge in [0.05, 0.1) is 16.3 Å². The summed E-state index contributed by atoms with van der Waals surface area (Å²) in [4.78, 5) is 0.133. The van der Waals surface area contributed by atoms with Crippen molar-refractivity contribution in [2.24, 2.45) is 0 Å². The number of nitrogens with two attached hydrogens (primary N) is 1. The Bertz CT molecular complexity index is 808. The van der Waals surface area contributed by atoms with Crippen molar-refractivity contribution in [2.75, 3.05) is 17.2 Å². The summed E-state index contributed by atoms with van der Waals surface area (Å²) >= 11 is 3.24. The van der Waals surface area contributed by atoms with E-state index in [1.807, 2.05) is 0 Å². The van der Waals surface area contributed by atoms with Gasteiger partial charge in [-0.05, 0) is 18.2 Å². The molecular weight excluding hydrogens is 360 g/mol. The summed E-state index contributed by atoms with van der Waals surface area (Å²) < 4.78 is 38.2. The average molecular weight is 371 g/mol. The topological polar surface area (TPSA) is 90.7 Å². The summed E-state index contributed by atoms with van der Waals surface area (Å²) in [5, 5.41) is 0. The molecule has 0 atom stereocenters. The number of hydrogen-bond acceptors (Lipinski definition) is 5. The van der Waals surface area contributed by atoms with Crippen LogP contribution in [0.1, 0.15) is 0 Å². The number of nitrogens with one attached hydrogen (secondary N) is 1. The van der Waals surface area contributed by atoms with Gasteiger partial charge in [0.15, 0.2) is 11.5 Å². The quantitative estimate of drug-likeness (QED) is 0.810. The summed E-state index contributed by atoms with van der Waals surface area (Å²) in [5.74, 6) is 0.953. The van der Waals surface area contributed by atoms with E-state index >= 15 is 0 Å². The molecule has 0 aliphatic carbocycles. The van der Waals surface area contributed by atoms with Crippen molar-refractivity contribution in [1.82, 2.24) is 0 Å². The highest BCUT2D eigenvalue weighted by Crippen LogP contribution is 2.39. The van der Waals surface area contributed by atoms with Crippen LogP contribution in [0, 0.1) is 0 Å². The molecular formula is C13H11BrN2O4S. The minimum Gasteiger partial charge on any atom is -0.454 e. The molecule has 0 bridgehead atoms. The molecule has 3 N–H and O–H groups in total. The van der Waals surface area contributed by atoms with Crippen molar-refractivity contribution in [3.8, 4) is 11.5 Å². The molecule has 2 aromatic carbocycles. The number of rotatable bonds is 3. The van der Waals surface area contributed by atoms with Crippen LogP contribution >= 0.6 is 15.9 Å². The predicted molar refractivity (Wildman–Crippen MR) is 81.9 cm³/mol. The Morgan fingerprint density at radius 3 is 2.57 bits per heavy atom. The molecule has 3 rings (SSSR count). The van der Waals surface area contributed by atoms with E-state index in [1.165, 1.54) is 24.3 Å². The number of ether oxygens (including phenoxy) is 2. The lowest BCUT2D eigenvalue weighted by Gasteiger charge is -2.11. The third-order valence-corrected chi connectivity index (χ3v) is 4.75. The second-order valence-corrected chi connectivity index (χ2v) is 6.95. The highest BCUT2D eigenvalue weighted by Gasteiger charge is 2.20. The number of fused-ring (bicyclic) bond motifs is 1. The van der Waals surface area contributed by atoms with Gasteiger partial charge in [0.2, 0.25) is 6.79 Å². The van der Waals surface area contributed by atoms with E-state index in [2.05, 4.69) is 20.7 Å². The molecule has 1 aliphatic rings. The number of halogens is 1. The molecule has 0 saturated carbocycles. The number of nitrogen functional groups attached to an aromatic ring is 1. The van der Waals surface area contributed by atoms with Crippen LogP contribution in [0.15, 0.2) is 45.8 Å². The first-order valence-corrected chi connectivity index (χ1v) is 8.21. The normalized spacial score (nSPS) is 13.2. The van der Waals surface area contributed by atoms with Gasteiger partial charge >= 0.3 is 0 Å². The van der Waals surface area contributed by atoms with E-state index in [9.17, 15) is 8.42 Å². The van der Waals surface area contributed by atoms with Crippen LogP contribution in [0.2, 0.25) is 0 Å². The van der Waals surface area contributed by atoms with Crippen molar-refractivity contribution in [3.63, 3.8) is 0 Å². The first-order chi connectivity index (χ1) is 9.95. The second kappa shape index (κ2) is 5.12. The van der Waals surface area contributed by atoms with Gasteiger partial charge in [0.1, 0.15) is 0 Å². The first kappa shape index (κ1) is 14.0. The van der Waals surface area contributed by atoms with Crippen LogP contribution in [-0.4, -0.2) is 15.2 Å². The molecule has 110 valence electrons. The zero-order valence-electron chi connectivity index (χ0n) is 10.7. The van der Waals surface area contributed by atoms with Crippen LogP contribution in [-0.2, 0) is 10.0 Å². The summed E-state index contributed by atoms with van der Waals surface area (Å²) in [5.41, 5.74) is 6.35. The molecule has 1 aliphatic heterocycles. The van der Waals surface area contributed by atoms with Crippen molar-refractivity contribution in [3.05, 3.63) is 40.9 Å². The first-order valence-electron chi connectivity index (χ1n) is 5.93. The molecule has 2 aromatic rings. The van der Waals surface area contributed by atoms with E-state index in [-0.39, 0.29) is 23.1 Å². The Balaban J connectivity index is 1.96. The molecule has 8 heteroatoms. The lowest BCUT2D eigenvalue weighted by molar-refractivity contribution is 0.174. The van der Waals surface area contributed by atoms with Crippen molar-refractivity contribution < 1.29 is 17.9 Å². The average Bonchev–Trinajstić information content (AvgIpc) is 2.86. The molecule has 6 nitrogen and oxygen atoms in total. The van der Waals surface area contributed by atoms with Gasteiger partial charge < -0.3 is 15.2 Å². The summed E-state index contributed by atoms with van der Waals surface area (Å²) in [6.45, 7) is 0.0939. The number of benzene rings is 2. The molecule has 0 amide bonds. The van der Waals surface area contributed by atoms with Gasteiger partial charge in [-0.1, -0.05) is 22.0 Å². The Labute approximate surface area is 130 Å². The van der Waals surface area contributed by atoms with Crippen LogP contribution in [0.5, 0.6) is 11.5 Å². The largest absolute Gasteiger partial charge is 0.454 e. The molecule has 0 unspecified atom stereocenters. The van der Waals surface area contributed by atoms with Crippen LogP contribution in [0.25, 0.3) is 0 Å². The Kier molecular flexibility index (Phi) is 3.42. The highest BCUT2D eigenvalue weighted by molar-refractivity contribution is 9.10. The SMILES string of the molecule is Nc1cc2c(cc1NS(=O)(=O)c1cccc(Br)c1)OCO2. The van der Waals surface area contributed by atoms with Crippen molar-refractivity contribution in [2.45, 2.75) is 4.90 Å². The fourth-order valence-electron chi connectivity index (χ4n) is 1.88. The Morgan fingerprint density at radius 1 is 1.14 bits per heavy atom. The molecule has 1 heterocycles. The van der Waals surface area contributed by atoms with Gasteiger partial charge in [-0.15, -0.1) is 0 Å². The van der Waals surface area contributed by atoms with E-state index in [0.29, 0.717) is 16.0 Å². The third kappa shape index (κ3) is 2.77. The second-order valence-electron chi connectivity index (χ2n) is 4.36. The zero-order valence-corrected chi connectivity index (χ0v) is 13.1. The van der Waals surface area contributed by atoms with E-state index < -0.39 is 10.0 Å². The molecule has 0 fully saturated rings. The molecule has 0 radical (unpaired) electrons. The smallest absolute Gasteiger partial charge is 0.262 e. The zero-order chi connectivity index (χ0) is 15.0. The standard InChI is InChI=1S/C13H11BrN2O4S/c14-8-2-1-3-9(4-8)21(17,18)16-11-6-13-12(5-10(11)15)19-7-20-13/h1-6,16H,7,15H2. The minimum absolute atomic E-state index is 0.0939. The lowest BCUT2D eigenvalue weighted by Crippen LogP contribution is -2.14. The van der Waals surface area contributed by atoms with E-state index in [4.69, 9.17) is 15.2 Å². The monoisotopic (exact) mass is 370 g/mol. The maximum atomic E-state index is 12.3. The van der Waals surface area contributed by atoms with Crippen LogP contribution in [0.4, 0.5) is 11.4 Å². The van der Waals surface area contributed by atoms with E-state index in [1.54, 1.807) is 12.1 Å². The van der Waals surface area contributed by atoms with Crippen LogP contribution < -0.4 is 19.9 Å². The molecule has 0 saturated heterocycles. The molecule has 21 heavy (non-hydrogen) atoms. The lowest BCUT2D eigenvalue weighted by atomic mass is 10.2. The van der Waals surface area contributed by atoms with Gasteiger partial charge in [-0.3, -0.25) is 4.72 Å². The Morgan fingerprint density at radius 2 is 1.86 bits per heavy atom.